The fourth-order valence-electron chi connectivity index (χ4n) is 4.23. The quantitative estimate of drug-likeness (QED) is 0.432. The Labute approximate surface area is 205 Å². The Bertz CT molecular complexity index is 1210. The van der Waals surface area contributed by atoms with Crippen molar-refractivity contribution in [1.29, 1.82) is 0 Å². The van der Waals surface area contributed by atoms with Gasteiger partial charge in [-0.3, -0.25) is 14.6 Å². The molecule has 2 aromatic heterocycles. The summed E-state index contributed by atoms with van der Waals surface area (Å²) in [5.74, 6) is -1.33. The first-order chi connectivity index (χ1) is 17.3. The van der Waals surface area contributed by atoms with Crippen LogP contribution >= 0.6 is 0 Å². The minimum atomic E-state index is -2.88. The molecule has 0 aliphatic carbocycles. The van der Waals surface area contributed by atoms with Crippen molar-refractivity contribution in [2.24, 2.45) is 0 Å². The average molecular weight is 502 g/mol. The van der Waals surface area contributed by atoms with E-state index in [1.54, 1.807) is 30.0 Å². The van der Waals surface area contributed by atoms with Crippen LogP contribution in [0.3, 0.4) is 0 Å². The number of anilines is 2. The highest BCUT2D eigenvalue weighted by molar-refractivity contribution is 5.84. The van der Waals surface area contributed by atoms with Gasteiger partial charge in [-0.05, 0) is 43.2 Å². The van der Waals surface area contributed by atoms with Gasteiger partial charge in [-0.1, -0.05) is 0 Å². The average Bonchev–Trinajstić information content (AvgIpc) is 3.38. The third-order valence-corrected chi connectivity index (χ3v) is 6.24. The Morgan fingerprint density at radius 1 is 1.19 bits per heavy atom. The molecule has 0 atom stereocenters. The summed E-state index contributed by atoms with van der Waals surface area (Å²) in [6.07, 6.45) is 0.606. The van der Waals surface area contributed by atoms with Gasteiger partial charge in [0.1, 0.15) is 5.82 Å². The Morgan fingerprint density at radius 3 is 2.53 bits per heavy atom. The van der Waals surface area contributed by atoms with Crippen LogP contribution in [0, 0.1) is 5.82 Å². The molecule has 0 N–H and O–H groups in total. The molecular formula is C24H25F3N6O3. The molecule has 4 rings (SSSR count). The van der Waals surface area contributed by atoms with Gasteiger partial charge in [0.05, 0.1) is 29.2 Å². The van der Waals surface area contributed by atoms with Gasteiger partial charge in [-0.2, -0.15) is 8.78 Å². The molecule has 2 amide bonds. The van der Waals surface area contributed by atoms with Crippen LogP contribution < -0.4 is 9.80 Å². The maximum absolute atomic E-state index is 14.2. The molecule has 0 unspecified atom stereocenters. The first-order valence-electron chi connectivity index (χ1n) is 11.3. The fraction of sp³-hybridized carbons (Fsp3) is 0.375. The zero-order valence-electron chi connectivity index (χ0n) is 19.8. The number of halogens is 3. The summed E-state index contributed by atoms with van der Waals surface area (Å²) < 4.78 is 44.5. The van der Waals surface area contributed by atoms with Gasteiger partial charge in [-0.25, -0.2) is 4.39 Å². The molecule has 1 aromatic carbocycles. The molecule has 1 fully saturated rings. The SMILES string of the molecule is CC(=O)N1CCC(N(C)c2ccc(F)cc2N(C=O)Cc2ccc(-c3nnc(C(F)F)o3)cn2)CC1. The largest absolute Gasteiger partial charge is 0.415 e. The summed E-state index contributed by atoms with van der Waals surface area (Å²) in [6, 6.07) is 7.54. The van der Waals surface area contributed by atoms with Crippen molar-refractivity contribution in [3.8, 4) is 11.5 Å². The number of carbonyl (C=O) groups is 2. The number of hydrogen-bond donors (Lipinski definition) is 0. The van der Waals surface area contributed by atoms with Crippen LogP contribution in [0.2, 0.25) is 0 Å². The number of likely N-dealkylation sites (tertiary alicyclic amines) is 1. The second kappa shape index (κ2) is 10.8. The standard InChI is InChI=1S/C24H25F3N6O3/c1-15(35)32-9-7-19(8-10-32)31(2)20-6-4-17(25)11-21(20)33(14-34)13-18-5-3-16(12-28-18)23-29-30-24(36-23)22(26)27/h3-6,11-12,14,19,22H,7-10,13H2,1-2H3. The van der Waals surface area contributed by atoms with Gasteiger partial charge in [-0.15, -0.1) is 10.2 Å². The summed E-state index contributed by atoms with van der Waals surface area (Å²) in [6.45, 7) is 2.86. The van der Waals surface area contributed by atoms with E-state index in [0.29, 0.717) is 42.1 Å². The number of pyridine rings is 1. The fourth-order valence-corrected chi connectivity index (χ4v) is 4.23. The van der Waals surface area contributed by atoms with Crippen molar-refractivity contribution in [2.75, 3.05) is 29.9 Å². The first kappa shape index (κ1) is 25.1. The normalized spacial score (nSPS) is 14.2. The monoisotopic (exact) mass is 502 g/mol. The van der Waals surface area contributed by atoms with E-state index in [4.69, 9.17) is 4.42 Å². The van der Waals surface area contributed by atoms with E-state index >= 15 is 0 Å². The molecule has 190 valence electrons. The maximum Gasteiger partial charge on any atom is 0.314 e. The topological polar surface area (TPSA) is 95.7 Å². The van der Waals surface area contributed by atoms with Gasteiger partial charge in [0.2, 0.25) is 18.2 Å². The summed E-state index contributed by atoms with van der Waals surface area (Å²) in [4.78, 5) is 33.1. The van der Waals surface area contributed by atoms with Crippen molar-refractivity contribution < 1.29 is 27.2 Å². The number of alkyl halides is 2. The molecule has 0 spiro atoms. The van der Waals surface area contributed by atoms with E-state index in [0.717, 1.165) is 12.8 Å². The molecule has 0 saturated carbocycles. The zero-order valence-corrected chi connectivity index (χ0v) is 19.8. The molecule has 9 nitrogen and oxygen atoms in total. The van der Waals surface area contributed by atoms with Crippen LogP contribution in [0.4, 0.5) is 24.5 Å². The van der Waals surface area contributed by atoms with Crippen LogP contribution in [0.15, 0.2) is 40.9 Å². The highest BCUT2D eigenvalue weighted by atomic mass is 19.3. The molecule has 3 aromatic rings. The molecule has 3 heterocycles. The smallest absolute Gasteiger partial charge is 0.314 e. The van der Waals surface area contributed by atoms with Crippen molar-refractivity contribution >= 4 is 23.7 Å². The van der Waals surface area contributed by atoms with Gasteiger partial charge in [0.15, 0.2) is 0 Å². The number of nitrogens with zero attached hydrogens (tertiary/aromatic N) is 6. The van der Waals surface area contributed by atoms with Crippen molar-refractivity contribution in [1.82, 2.24) is 20.1 Å². The lowest BCUT2D eigenvalue weighted by atomic mass is 10.0. The second-order valence-corrected chi connectivity index (χ2v) is 8.50. The Morgan fingerprint density at radius 2 is 1.94 bits per heavy atom. The van der Waals surface area contributed by atoms with Crippen LogP contribution in [0.1, 0.15) is 37.8 Å². The summed E-state index contributed by atoms with van der Waals surface area (Å²) in [5, 5.41) is 6.88. The van der Waals surface area contributed by atoms with E-state index in [1.807, 2.05) is 11.9 Å². The van der Waals surface area contributed by atoms with Gasteiger partial charge < -0.3 is 19.1 Å². The first-order valence-corrected chi connectivity index (χ1v) is 11.3. The summed E-state index contributed by atoms with van der Waals surface area (Å²) in [7, 11) is 1.89. The van der Waals surface area contributed by atoms with Crippen LogP contribution in [0.5, 0.6) is 0 Å². The molecule has 1 aliphatic heterocycles. The number of benzene rings is 1. The van der Waals surface area contributed by atoms with Gasteiger partial charge >= 0.3 is 6.43 Å². The lowest BCUT2D eigenvalue weighted by Crippen LogP contribution is -2.45. The Kier molecular flexibility index (Phi) is 7.51. The third kappa shape index (κ3) is 5.47. The molecule has 0 radical (unpaired) electrons. The predicted molar refractivity (Wildman–Crippen MR) is 125 cm³/mol. The lowest BCUT2D eigenvalue weighted by molar-refractivity contribution is -0.129. The van der Waals surface area contributed by atoms with E-state index in [2.05, 4.69) is 15.2 Å². The highest BCUT2D eigenvalue weighted by Gasteiger charge is 2.26. The van der Waals surface area contributed by atoms with Gasteiger partial charge in [0.25, 0.3) is 5.89 Å². The molecule has 12 heteroatoms. The van der Waals surface area contributed by atoms with E-state index in [1.165, 1.54) is 23.2 Å². The maximum atomic E-state index is 14.2. The minimum absolute atomic E-state index is 0.0396. The molecule has 1 aliphatic rings. The predicted octanol–water partition coefficient (Wildman–Crippen LogP) is 3.82. The van der Waals surface area contributed by atoms with Crippen LogP contribution in [-0.2, 0) is 16.1 Å². The molecular weight excluding hydrogens is 477 g/mol. The van der Waals surface area contributed by atoms with E-state index in [9.17, 15) is 22.8 Å². The molecule has 0 bridgehead atoms. The zero-order chi connectivity index (χ0) is 25.8. The number of rotatable bonds is 8. The highest BCUT2D eigenvalue weighted by Crippen LogP contribution is 2.33. The van der Waals surface area contributed by atoms with Crippen molar-refractivity contribution in [3.05, 3.63) is 53.9 Å². The minimum Gasteiger partial charge on any atom is -0.415 e. The number of carbonyl (C=O) groups excluding carboxylic acids is 2. The van der Waals surface area contributed by atoms with E-state index in [-0.39, 0.29) is 24.4 Å². The lowest BCUT2D eigenvalue weighted by Gasteiger charge is -2.38. The number of hydrogen-bond acceptors (Lipinski definition) is 7. The number of aromatic nitrogens is 3. The van der Waals surface area contributed by atoms with Crippen LogP contribution in [-0.4, -0.2) is 58.6 Å². The summed E-state index contributed by atoms with van der Waals surface area (Å²) in [5.41, 5.74) is 1.88. The number of piperidine rings is 1. The second-order valence-electron chi connectivity index (χ2n) is 8.50. The van der Waals surface area contributed by atoms with Crippen LogP contribution in [0.25, 0.3) is 11.5 Å². The third-order valence-electron chi connectivity index (χ3n) is 6.24. The van der Waals surface area contributed by atoms with Crippen molar-refractivity contribution in [2.45, 2.75) is 38.8 Å². The Balaban J connectivity index is 1.52. The Hall–Kier alpha value is -3.96. The van der Waals surface area contributed by atoms with Crippen molar-refractivity contribution in [3.63, 3.8) is 0 Å². The van der Waals surface area contributed by atoms with E-state index < -0.39 is 18.1 Å². The van der Waals surface area contributed by atoms with Gasteiger partial charge in [0, 0.05) is 39.3 Å². The molecule has 1 saturated heterocycles. The molecule has 36 heavy (non-hydrogen) atoms. The summed E-state index contributed by atoms with van der Waals surface area (Å²) >= 11 is 0. The number of amides is 2.